The molecule has 0 amide bonds. The van der Waals surface area contributed by atoms with Crippen molar-refractivity contribution in [2.75, 3.05) is 0 Å². The molecule has 2 rings (SSSR count). The molecule has 0 saturated heterocycles. The molecule has 0 radical (unpaired) electrons. The van der Waals surface area contributed by atoms with Gasteiger partial charge in [0.1, 0.15) is 0 Å². The van der Waals surface area contributed by atoms with Gasteiger partial charge in [-0.25, -0.2) is 0 Å². The Morgan fingerprint density at radius 2 is 1.20 bits per heavy atom. The number of halogens is 3. The molecule has 20 heavy (non-hydrogen) atoms. The Labute approximate surface area is 156 Å². The fourth-order valence-electron chi connectivity index (χ4n) is 2.60. The summed E-state index contributed by atoms with van der Waals surface area (Å²) in [6, 6.07) is 0. The third-order valence-electron chi connectivity index (χ3n) is 4.15. The molecule has 2 aliphatic rings. The van der Waals surface area contributed by atoms with Crippen LogP contribution in [-0.4, -0.2) is 6.10 Å². The maximum atomic E-state index is 5.86. The van der Waals surface area contributed by atoms with Crippen LogP contribution in [0.1, 0.15) is 40.5 Å². The monoisotopic (exact) mass is 410 g/mol. The van der Waals surface area contributed by atoms with E-state index in [4.69, 9.17) is 2.81 Å². The van der Waals surface area contributed by atoms with Crippen molar-refractivity contribution in [2.24, 2.45) is 0 Å². The van der Waals surface area contributed by atoms with Crippen molar-refractivity contribution in [1.82, 2.24) is 0 Å². The van der Waals surface area contributed by atoms with Crippen molar-refractivity contribution < 1.29 is 65.2 Å². The summed E-state index contributed by atoms with van der Waals surface area (Å²) in [5.74, 6) is 0. The van der Waals surface area contributed by atoms with E-state index in [0.717, 1.165) is 38.0 Å². The second-order valence-corrected chi connectivity index (χ2v) is 5.56. The van der Waals surface area contributed by atoms with E-state index in [-0.39, 0.29) is 43.3 Å². The largest absolute Gasteiger partial charge is 1.00 e. The van der Waals surface area contributed by atoms with Crippen LogP contribution in [0.15, 0.2) is 45.6 Å². The third kappa shape index (κ3) is 4.34. The Morgan fingerprint density at radius 3 is 1.40 bits per heavy atom. The first kappa shape index (κ1) is 22.9. The summed E-state index contributed by atoms with van der Waals surface area (Å²) >= 11 is 1.16. The van der Waals surface area contributed by atoms with Crippen LogP contribution >= 0.6 is 0 Å². The van der Waals surface area contributed by atoms with Gasteiger partial charge in [-0.3, -0.25) is 0 Å². The van der Waals surface area contributed by atoms with Gasteiger partial charge in [0.05, 0.1) is 0 Å². The van der Waals surface area contributed by atoms with Gasteiger partial charge < -0.3 is 37.2 Å². The zero-order valence-corrected chi connectivity index (χ0v) is 16.9. The first-order chi connectivity index (χ1) is 8.06. The van der Waals surface area contributed by atoms with Gasteiger partial charge in [-0.15, -0.1) is 0 Å². The second-order valence-electron chi connectivity index (χ2n) is 4.98. The molecule has 5 heteroatoms. The summed E-state index contributed by atoms with van der Waals surface area (Å²) < 4.78 is 5.86. The molecule has 2 aliphatic carbocycles. The molecule has 0 aliphatic heterocycles. The first-order valence-electron chi connectivity index (χ1n) is 6.12. The zero-order chi connectivity index (χ0) is 12.6. The Kier molecular flexibility index (Phi) is 11.1. The van der Waals surface area contributed by atoms with Crippen molar-refractivity contribution in [3.63, 3.8) is 0 Å². The summed E-state index contributed by atoms with van der Waals surface area (Å²) in [4.78, 5) is 0. The van der Waals surface area contributed by atoms with Crippen molar-refractivity contribution >= 4 is 0 Å². The van der Waals surface area contributed by atoms with Crippen LogP contribution in [0, 0.1) is 0 Å². The molecule has 0 heterocycles. The molecule has 0 N–H and O–H groups in total. The number of hydrogen-bond acceptors (Lipinski definition) is 1. The number of rotatable bonds is 3. The average molecular weight is 413 g/mol. The number of allylic oxidation sites excluding steroid dienone is 6. The van der Waals surface area contributed by atoms with Crippen LogP contribution in [0.25, 0.3) is 0 Å². The van der Waals surface area contributed by atoms with Crippen molar-refractivity contribution in [3.05, 3.63) is 45.6 Å². The molecular formula is C15H19Cl3OZr. The molecule has 0 spiro atoms. The fourth-order valence-corrected chi connectivity index (χ4v) is 3.30. The second kappa shape index (κ2) is 9.64. The molecule has 1 nitrogen and oxygen atoms in total. The summed E-state index contributed by atoms with van der Waals surface area (Å²) in [5.41, 5.74) is 8.63. The minimum absolute atomic E-state index is 0. The van der Waals surface area contributed by atoms with E-state index in [9.17, 15) is 0 Å². The van der Waals surface area contributed by atoms with E-state index in [0.29, 0.717) is 0 Å². The van der Waals surface area contributed by atoms with Crippen LogP contribution < -0.4 is 37.2 Å². The standard InChI is InChI=1S/C15H19O.3ClH.Zr/c1-9-5-7-13(11(9)3)15(16)14-8-6-10(2)12(14)4;;;;/h5-6,15H,7-8H2,1-4H3;3*1H;/q-1;;;;+4/p-3. The van der Waals surface area contributed by atoms with Gasteiger partial charge >= 0.3 is 120 Å². The quantitative estimate of drug-likeness (QED) is 0.452. The molecule has 0 aromatic rings. The van der Waals surface area contributed by atoms with Crippen LogP contribution in [0.3, 0.4) is 0 Å². The summed E-state index contributed by atoms with van der Waals surface area (Å²) in [7, 11) is 0. The number of hydrogen-bond donors (Lipinski definition) is 0. The SMILES string of the molecule is CC1=CCC(C([O][Zr+3])C2=C(C)C(C)=CC2)=C1C.[Cl-].[Cl-].[Cl-]. The van der Waals surface area contributed by atoms with E-state index in [1.54, 1.807) is 0 Å². The maximum absolute atomic E-state index is 5.86. The summed E-state index contributed by atoms with van der Waals surface area (Å²) in [5, 5.41) is 0. The van der Waals surface area contributed by atoms with Crippen molar-refractivity contribution in [1.29, 1.82) is 0 Å². The summed E-state index contributed by atoms with van der Waals surface area (Å²) in [6.07, 6.45) is 6.98. The van der Waals surface area contributed by atoms with E-state index >= 15 is 0 Å². The van der Waals surface area contributed by atoms with Crippen LogP contribution in [0.2, 0.25) is 0 Å². The van der Waals surface area contributed by atoms with Crippen LogP contribution in [0.4, 0.5) is 0 Å². The fraction of sp³-hybridized carbons (Fsp3) is 0.467. The van der Waals surface area contributed by atoms with Gasteiger partial charge in [-0.2, -0.15) is 0 Å². The molecule has 0 aromatic heterocycles. The van der Waals surface area contributed by atoms with E-state index in [1.807, 2.05) is 0 Å². The van der Waals surface area contributed by atoms with E-state index in [2.05, 4.69) is 39.8 Å². The normalized spacial score (nSPS) is 17.6. The van der Waals surface area contributed by atoms with E-state index in [1.165, 1.54) is 33.4 Å². The van der Waals surface area contributed by atoms with E-state index < -0.39 is 0 Å². The Morgan fingerprint density at radius 1 is 0.850 bits per heavy atom. The Bertz CT molecular complexity index is 434. The Hall–Kier alpha value is 0.673. The topological polar surface area (TPSA) is 9.23 Å². The minimum atomic E-state index is 0. The molecule has 110 valence electrons. The van der Waals surface area contributed by atoms with Gasteiger partial charge in [0, 0.05) is 0 Å². The van der Waals surface area contributed by atoms with Gasteiger partial charge in [0.25, 0.3) is 0 Å². The zero-order valence-electron chi connectivity index (χ0n) is 12.2. The molecule has 0 atom stereocenters. The molecule has 0 bridgehead atoms. The average Bonchev–Trinajstić information content (AvgIpc) is 2.80. The van der Waals surface area contributed by atoms with Crippen LogP contribution in [0.5, 0.6) is 0 Å². The smallest absolute Gasteiger partial charge is 1.00 e. The van der Waals surface area contributed by atoms with Gasteiger partial charge in [-0.1, -0.05) is 0 Å². The molecule has 0 saturated carbocycles. The molecule has 0 fully saturated rings. The van der Waals surface area contributed by atoms with Gasteiger partial charge in [0.15, 0.2) is 0 Å². The van der Waals surface area contributed by atoms with Gasteiger partial charge in [0.2, 0.25) is 0 Å². The van der Waals surface area contributed by atoms with Gasteiger partial charge in [-0.05, 0) is 0 Å². The molecular weight excluding hydrogens is 394 g/mol. The van der Waals surface area contributed by atoms with Crippen molar-refractivity contribution in [3.8, 4) is 0 Å². The molecule has 0 unspecified atom stereocenters. The minimum Gasteiger partial charge on any atom is -1.00 e. The first-order valence-corrected chi connectivity index (χ1v) is 7.12. The van der Waals surface area contributed by atoms with Crippen molar-refractivity contribution in [2.45, 2.75) is 46.6 Å². The van der Waals surface area contributed by atoms with Crippen LogP contribution in [-0.2, 0) is 28.0 Å². The predicted octanol–water partition coefficient (Wildman–Crippen LogP) is -4.82. The predicted molar refractivity (Wildman–Crippen MR) is 67.0 cm³/mol. The maximum Gasteiger partial charge on any atom is -1.00 e. The Balaban J connectivity index is 0. The third-order valence-corrected chi connectivity index (χ3v) is 4.73. The molecule has 0 aromatic carbocycles. The summed E-state index contributed by atoms with van der Waals surface area (Å²) in [6.45, 7) is 8.84.